The van der Waals surface area contributed by atoms with Crippen LogP contribution in [0.4, 0.5) is 5.95 Å². The van der Waals surface area contributed by atoms with E-state index in [1.807, 2.05) is 32.2 Å². The van der Waals surface area contributed by atoms with E-state index in [4.69, 9.17) is 15.2 Å². The molecule has 4 heterocycles. The zero-order valence-corrected chi connectivity index (χ0v) is 15.9. The summed E-state index contributed by atoms with van der Waals surface area (Å²) >= 11 is 0. The molecular formula is C20H22N6O2. The number of carbonyl (C=O) groups is 1. The number of anilines is 1. The van der Waals surface area contributed by atoms with Gasteiger partial charge >= 0.3 is 0 Å². The summed E-state index contributed by atoms with van der Waals surface area (Å²) in [4.78, 5) is 27.1. The molecule has 4 rings (SSSR count). The second-order valence-corrected chi connectivity index (χ2v) is 7.03. The molecule has 0 aromatic carbocycles. The van der Waals surface area contributed by atoms with Crippen molar-refractivity contribution in [1.29, 1.82) is 0 Å². The van der Waals surface area contributed by atoms with Crippen LogP contribution < -0.4 is 10.6 Å². The third-order valence-electron chi connectivity index (χ3n) is 5.22. The quantitative estimate of drug-likeness (QED) is 0.742. The Balaban J connectivity index is 1.76. The van der Waals surface area contributed by atoms with Crippen LogP contribution in [0.2, 0.25) is 0 Å². The van der Waals surface area contributed by atoms with Gasteiger partial charge in [-0.1, -0.05) is 5.16 Å². The molecule has 1 aliphatic rings. The van der Waals surface area contributed by atoms with Gasteiger partial charge in [-0.05, 0) is 44.4 Å². The topological polar surface area (TPSA) is 111 Å². The lowest BCUT2D eigenvalue weighted by atomic mass is 9.96. The summed E-state index contributed by atoms with van der Waals surface area (Å²) < 4.78 is 5.38. The van der Waals surface area contributed by atoms with Crippen LogP contribution in [0.3, 0.4) is 0 Å². The fourth-order valence-electron chi connectivity index (χ4n) is 3.64. The molecule has 1 aliphatic heterocycles. The molecule has 1 saturated heterocycles. The molecule has 2 N–H and O–H groups in total. The Labute approximate surface area is 162 Å². The molecular weight excluding hydrogens is 356 g/mol. The molecule has 144 valence electrons. The Bertz CT molecular complexity index is 974. The summed E-state index contributed by atoms with van der Waals surface area (Å²) in [5.41, 5.74) is 9.76. The zero-order chi connectivity index (χ0) is 19.7. The molecule has 3 aromatic rings. The van der Waals surface area contributed by atoms with Crippen LogP contribution in [0.15, 0.2) is 35.2 Å². The number of carbonyl (C=O) groups excluding carboxylic acids is 1. The Morgan fingerprint density at radius 2 is 1.93 bits per heavy atom. The zero-order valence-electron chi connectivity index (χ0n) is 15.9. The normalized spacial score (nSPS) is 15.0. The van der Waals surface area contributed by atoms with E-state index in [0.29, 0.717) is 37.6 Å². The first kappa shape index (κ1) is 18.1. The fourth-order valence-corrected chi connectivity index (χ4v) is 3.64. The number of nitrogens with zero attached hydrogens (tertiary/aromatic N) is 5. The van der Waals surface area contributed by atoms with Crippen molar-refractivity contribution < 1.29 is 9.32 Å². The van der Waals surface area contributed by atoms with Crippen LogP contribution in [0.1, 0.15) is 24.3 Å². The predicted octanol–water partition coefficient (Wildman–Crippen LogP) is 2.51. The van der Waals surface area contributed by atoms with Crippen molar-refractivity contribution in [3.8, 4) is 22.4 Å². The minimum atomic E-state index is -0.231. The van der Waals surface area contributed by atoms with Gasteiger partial charge in [0.2, 0.25) is 11.9 Å². The lowest BCUT2D eigenvalue weighted by Gasteiger charge is -2.30. The molecule has 3 aromatic heterocycles. The Morgan fingerprint density at radius 1 is 1.21 bits per heavy atom. The number of aryl methyl sites for hydroxylation is 2. The van der Waals surface area contributed by atoms with Gasteiger partial charge in [0.05, 0.1) is 17.0 Å². The number of aromatic nitrogens is 4. The van der Waals surface area contributed by atoms with Gasteiger partial charge in [-0.2, -0.15) is 0 Å². The highest BCUT2D eigenvalue weighted by atomic mass is 16.5. The molecule has 0 aliphatic carbocycles. The smallest absolute Gasteiger partial charge is 0.225 e. The standard InChI is InChI=1S/C20H22N6O2/c1-12-17(13(2)28-25-12)18-16(14-3-7-22-8-4-14)11-23-20(24-18)26-9-5-15(6-10-26)19(21)27/h3-4,7-8,11,15H,5-6,9-10H2,1-2H3,(H2,21,27). The van der Waals surface area contributed by atoms with Gasteiger partial charge in [-0.15, -0.1) is 0 Å². The number of piperidine rings is 1. The van der Waals surface area contributed by atoms with Crippen LogP contribution in [0.5, 0.6) is 0 Å². The minimum Gasteiger partial charge on any atom is -0.369 e. The molecule has 28 heavy (non-hydrogen) atoms. The van der Waals surface area contributed by atoms with Crippen LogP contribution in [-0.2, 0) is 4.79 Å². The Kier molecular flexibility index (Phi) is 4.77. The van der Waals surface area contributed by atoms with Gasteiger partial charge in [-0.3, -0.25) is 9.78 Å². The van der Waals surface area contributed by atoms with E-state index < -0.39 is 0 Å². The minimum absolute atomic E-state index is 0.0747. The van der Waals surface area contributed by atoms with E-state index >= 15 is 0 Å². The third-order valence-corrected chi connectivity index (χ3v) is 5.22. The summed E-state index contributed by atoms with van der Waals surface area (Å²) in [5, 5.41) is 4.09. The second-order valence-electron chi connectivity index (χ2n) is 7.03. The van der Waals surface area contributed by atoms with Crippen molar-refractivity contribution in [2.45, 2.75) is 26.7 Å². The fraction of sp³-hybridized carbons (Fsp3) is 0.350. The highest BCUT2D eigenvalue weighted by Gasteiger charge is 2.26. The van der Waals surface area contributed by atoms with Crippen molar-refractivity contribution in [2.75, 3.05) is 18.0 Å². The Morgan fingerprint density at radius 3 is 2.54 bits per heavy atom. The molecule has 0 bridgehead atoms. The van der Waals surface area contributed by atoms with E-state index in [9.17, 15) is 4.79 Å². The lowest BCUT2D eigenvalue weighted by molar-refractivity contribution is -0.122. The molecule has 8 nitrogen and oxygen atoms in total. The molecule has 0 spiro atoms. The number of nitrogens with two attached hydrogens (primary N) is 1. The molecule has 1 fully saturated rings. The van der Waals surface area contributed by atoms with Gasteiger partial charge in [0.25, 0.3) is 0 Å². The van der Waals surface area contributed by atoms with E-state index in [-0.39, 0.29) is 11.8 Å². The summed E-state index contributed by atoms with van der Waals surface area (Å²) in [6, 6.07) is 3.86. The van der Waals surface area contributed by atoms with E-state index in [2.05, 4.69) is 20.0 Å². The summed E-state index contributed by atoms with van der Waals surface area (Å²) in [5.74, 6) is 1.04. The number of rotatable bonds is 4. The van der Waals surface area contributed by atoms with Gasteiger partial charge < -0.3 is 15.2 Å². The average molecular weight is 378 g/mol. The number of amides is 1. The molecule has 0 saturated carbocycles. The maximum atomic E-state index is 11.4. The first-order chi connectivity index (χ1) is 13.5. The van der Waals surface area contributed by atoms with Crippen LogP contribution in [-0.4, -0.2) is 39.1 Å². The lowest BCUT2D eigenvalue weighted by Crippen LogP contribution is -2.39. The molecule has 8 heteroatoms. The number of pyridine rings is 1. The van der Waals surface area contributed by atoms with Crippen molar-refractivity contribution in [3.63, 3.8) is 0 Å². The number of primary amides is 1. The molecule has 1 amide bonds. The number of hydrogen-bond donors (Lipinski definition) is 1. The highest BCUT2D eigenvalue weighted by molar-refractivity contribution is 5.82. The summed E-state index contributed by atoms with van der Waals surface area (Å²) in [6.07, 6.45) is 6.75. The monoisotopic (exact) mass is 378 g/mol. The first-order valence-electron chi connectivity index (χ1n) is 9.29. The van der Waals surface area contributed by atoms with Crippen LogP contribution in [0.25, 0.3) is 22.4 Å². The van der Waals surface area contributed by atoms with Gasteiger partial charge in [-0.25, -0.2) is 9.97 Å². The highest BCUT2D eigenvalue weighted by Crippen LogP contribution is 2.35. The van der Waals surface area contributed by atoms with Crippen LogP contribution >= 0.6 is 0 Å². The van der Waals surface area contributed by atoms with Crippen molar-refractivity contribution in [2.24, 2.45) is 11.7 Å². The van der Waals surface area contributed by atoms with Gasteiger partial charge in [0.1, 0.15) is 5.76 Å². The SMILES string of the molecule is Cc1noc(C)c1-c1nc(N2CCC(C(N)=O)CC2)ncc1-c1ccncc1. The Hall–Kier alpha value is -3.29. The van der Waals surface area contributed by atoms with Crippen LogP contribution in [0, 0.1) is 19.8 Å². The van der Waals surface area contributed by atoms with Crippen molar-refractivity contribution >= 4 is 11.9 Å². The predicted molar refractivity (Wildman–Crippen MR) is 104 cm³/mol. The summed E-state index contributed by atoms with van der Waals surface area (Å²) in [6.45, 7) is 5.18. The van der Waals surface area contributed by atoms with E-state index in [1.165, 1.54) is 0 Å². The maximum Gasteiger partial charge on any atom is 0.225 e. The van der Waals surface area contributed by atoms with E-state index in [0.717, 1.165) is 28.1 Å². The largest absolute Gasteiger partial charge is 0.369 e. The maximum absolute atomic E-state index is 11.4. The van der Waals surface area contributed by atoms with Gasteiger partial charge in [0, 0.05) is 43.2 Å². The summed E-state index contributed by atoms with van der Waals surface area (Å²) in [7, 11) is 0. The average Bonchev–Trinajstić information content (AvgIpc) is 3.06. The van der Waals surface area contributed by atoms with Gasteiger partial charge in [0.15, 0.2) is 0 Å². The van der Waals surface area contributed by atoms with Crippen molar-refractivity contribution in [3.05, 3.63) is 42.2 Å². The molecule has 0 unspecified atom stereocenters. The first-order valence-corrected chi connectivity index (χ1v) is 9.29. The number of hydrogen-bond acceptors (Lipinski definition) is 7. The van der Waals surface area contributed by atoms with E-state index in [1.54, 1.807) is 12.4 Å². The molecule has 0 atom stereocenters. The second kappa shape index (κ2) is 7.38. The third kappa shape index (κ3) is 3.33. The molecule has 0 radical (unpaired) electrons. The van der Waals surface area contributed by atoms with Crippen molar-refractivity contribution in [1.82, 2.24) is 20.1 Å².